The Labute approximate surface area is 398 Å². The van der Waals surface area contributed by atoms with Crippen molar-refractivity contribution < 1.29 is 66.9 Å². The number of nitriles is 1. The lowest BCUT2D eigenvalue weighted by atomic mass is 9.71. The van der Waals surface area contributed by atoms with Crippen molar-refractivity contribution in [1.82, 2.24) is 15.1 Å². The number of carbonyl (C=O) groups excluding carboxylic acids is 4. The van der Waals surface area contributed by atoms with Gasteiger partial charge in [-0.1, -0.05) is 6.07 Å². The number of nitrogens with one attached hydrogen (secondary N) is 1. The summed E-state index contributed by atoms with van der Waals surface area (Å²) in [7, 11) is 2.89. The molecule has 7 heterocycles. The topological polar surface area (TPSA) is 214 Å². The molecule has 68 heavy (non-hydrogen) atoms. The fourth-order valence-electron chi connectivity index (χ4n) is 10.9. The largest absolute Gasteiger partial charge is 0.514 e. The molecule has 1 unspecified atom stereocenters. The van der Waals surface area contributed by atoms with E-state index < -0.39 is 76.4 Å². The van der Waals surface area contributed by atoms with E-state index in [2.05, 4.69) is 11.4 Å². The molecule has 0 aromatic heterocycles. The normalized spacial score (nSPS) is 25.7. The van der Waals surface area contributed by atoms with E-state index in [1.54, 1.807) is 65.5 Å². The Kier molecular flexibility index (Phi) is 11.6. The minimum Gasteiger partial charge on any atom is -0.504 e. The predicted molar refractivity (Wildman–Crippen MR) is 243 cm³/mol. The molecular weight excluding hydrogens is 901 g/mol. The summed E-state index contributed by atoms with van der Waals surface area (Å²) in [5.74, 6) is -0.0543. The van der Waals surface area contributed by atoms with E-state index in [-0.39, 0.29) is 54.3 Å². The van der Waals surface area contributed by atoms with Crippen LogP contribution in [0.3, 0.4) is 0 Å². The van der Waals surface area contributed by atoms with E-state index in [4.69, 9.17) is 42.6 Å². The summed E-state index contributed by atoms with van der Waals surface area (Å²) < 4.78 is 53.9. The quantitative estimate of drug-likeness (QED) is 0.118. The third kappa shape index (κ3) is 7.55. The van der Waals surface area contributed by atoms with E-state index in [0.717, 1.165) is 5.56 Å². The summed E-state index contributed by atoms with van der Waals surface area (Å²) in [6.07, 6.45) is -1.03. The lowest BCUT2D eigenvalue weighted by Crippen LogP contribution is -2.71. The van der Waals surface area contributed by atoms with Gasteiger partial charge in [0.1, 0.15) is 29.6 Å². The van der Waals surface area contributed by atoms with Gasteiger partial charge in [-0.2, -0.15) is 5.26 Å². The first-order valence-corrected chi connectivity index (χ1v) is 23.6. The fourth-order valence-corrected chi connectivity index (χ4v) is 12.6. The zero-order valence-corrected chi connectivity index (χ0v) is 40.8. The van der Waals surface area contributed by atoms with Crippen molar-refractivity contribution in [3.05, 3.63) is 62.7 Å². The van der Waals surface area contributed by atoms with Gasteiger partial charge in [-0.05, 0) is 103 Å². The Balaban J connectivity index is 1.30. The first kappa shape index (κ1) is 47.0. The molecule has 1 amide bonds. The number of amides is 1. The Hall–Kier alpha value is -6.10. The number of hydrogen-bond acceptors (Lipinski definition) is 18. The highest BCUT2D eigenvalue weighted by molar-refractivity contribution is 7.99. The molecule has 362 valence electrons. The number of nitrogens with zero attached hydrogens (tertiary/aromatic N) is 3. The third-order valence-corrected chi connectivity index (χ3v) is 14.8. The van der Waals surface area contributed by atoms with Gasteiger partial charge in [0.05, 0.1) is 49.7 Å². The number of phenolic OH excluding ortho intramolecular Hbond substituents is 1. The van der Waals surface area contributed by atoms with Crippen molar-refractivity contribution in [2.75, 3.05) is 39.9 Å². The molecule has 19 heteroatoms. The molecule has 0 radical (unpaired) electrons. The Morgan fingerprint density at radius 3 is 2.29 bits per heavy atom. The Bertz CT molecular complexity index is 2690. The minimum absolute atomic E-state index is 0.0315. The van der Waals surface area contributed by atoms with Crippen LogP contribution in [0, 0.1) is 25.2 Å². The SMILES string of the molecule is COc1cc2c(cc1OC(=O)OC(C)(C)C)CCN[C@]21CS[C@@H]2c3c(OC(C)=O)c(C)c4c(c3[C@H](COC1=O)N1C2[C@@H]2c3c(cc(C)c(OC)c3O)C[C@H]([C@@H]1C#N)N2C(=O)OC(C)(C)C)OCO4. The number of hydrogen-bond donors (Lipinski definition) is 2. The first-order chi connectivity index (χ1) is 32.1. The molecule has 3 aromatic rings. The summed E-state index contributed by atoms with van der Waals surface area (Å²) in [5, 5.41) is 26.5. The van der Waals surface area contributed by atoms with Crippen molar-refractivity contribution in [2.24, 2.45) is 0 Å². The number of carbonyl (C=O) groups is 4. The maximum Gasteiger partial charge on any atom is 0.514 e. The molecule has 18 nitrogen and oxygen atoms in total. The summed E-state index contributed by atoms with van der Waals surface area (Å²) in [6, 6.07) is 3.02. The highest BCUT2D eigenvalue weighted by Gasteiger charge is 2.64. The molecule has 3 aromatic carbocycles. The Morgan fingerprint density at radius 2 is 1.63 bits per heavy atom. The average Bonchev–Trinajstić information content (AvgIpc) is 3.74. The van der Waals surface area contributed by atoms with Crippen LogP contribution in [-0.2, 0) is 42.2 Å². The third-order valence-electron chi connectivity index (χ3n) is 13.3. The maximum absolute atomic E-state index is 15.2. The van der Waals surface area contributed by atoms with Crippen molar-refractivity contribution >= 4 is 35.9 Å². The van der Waals surface area contributed by atoms with Gasteiger partial charge in [0.25, 0.3) is 0 Å². The summed E-state index contributed by atoms with van der Waals surface area (Å²) >= 11 is 1.33. The molecule has 10 rings (SSSR count). The number of phenols is 1. The summed E-state index contributed by atoms with van der Waals surface area (Å²) in [4.78, 5) is 59.8. The highest BCUT2D eigenvalue weighted by Crippen LogP contribution is 2.65. The number of aromatic hydroxyl groups is 1. The lowest BCUT2D eigenvalue weighted by Gasteiger charge is -2.62. The van der Waals surface area contributed by atoms with Crippen molar-refractivity contribution in [2.45, 2.75) is 127 Å². The van der Waals surface area contributed by atoms with Crippen LogP contribution in [0.15, 0.2) is 18.2 Å². The average molecular weight is 957 g/mol. The van der Waals surface area contributed by atoms with Crippen LogP contribution in [0.4, 0.5) is 9.59 Å². The van der Waals surface area contributed by atoms with Crippen LogP contribution in [-0.4, -0.2) is 108 Å². The van der Waals surface area contributed by atoms with Crippen LogP contribution in [0.2, 0.25) is 0 Å². The zero-order chi connectivity index (χ0) is 48.9. The number of methoxy groups -OCH3 is 2. The highest BCUT2D eigenvalue weighted by atomic mass is 32.2. The van der Waals surface area contributed by atoms with E-state index in [9.17, 15) is 24.8 Å². The molecular formula is C49H56N4O14S. The molecule has 0 aliphatic carbocycles. The van der Waals surface area contributed by atoms with E-state index in [1.807, 2.05) is 17.9 Å². The number of ether oxygens (including phenoxy) is 9. The van der Waals surface area contributed by atoms with Gasteiger partial charge < -0.3 is 47.7 Å². The monoisotopic (exact) mass is 956 g/mol. The van der Waals surface area contributed by atoms with Gasteiger partial charge in [-0.25, -0.2) is 14.4 Å². The second-order valence-electron chi connectivity index (χ2n) is 19.9. The molecule has 7 atom stereocenters. The second kappa shape index (κ2) is 16.8. The molecule has 2 fully saturated rings. The van der Waals surface area contributed by atoms with Gasteiger partial charge in [0.2, 0.25) is 6.79 Å². The molecule has 4 bridgehead atoms. The van der Waals surface area contributed by atoms with Crippen molar-refractivity contribution in [3.63, 3.8) is 0 Å². The smallest absolute Gasteiger partial charge is 0.504 e. The zero-order valence-electron chi connectivity index (χ0n) is 39.9. The van der Waals surface area contributed by atoms with Gasteiger partial charge in [-0.3, -0.25) is 19.9 Å². The molecule has 0 saturated carbocycles. The molecule has 7 aliphatic rings. The number of rotatable bonds is 4. The van der Waals surface area contributed by atoms with Gasteiger partial charge in [0, 0.05) is 41.5 Å². The van der Waals surface area contributed by atoms with Gasteiger partial charge in [0.15, 0.2) is 40.0 Å². The molecule has 2 N–H and O–H groups in total. The fraction of sp³-hybridized carbons (Fsp3) is 0.531. The maximum atomic E-state index is 15.2. The van der Waals surface area contributed by atoms with Crippen molar-refractivity contribution in [1.29, 1.82) is 5.26 Å². The minimum atomic E-state index is -1.56. The Morgan fingerprint density at radius 1 is 0.912 bits per heavy atom. The van der Waals surface area contributed by atoms with Crippen LogP contribution in [0.5, 0.6) is 40.2 Å². The van der Waals surface area contributed by atoms with Gasteiger partial charge >= 0.3 is 24.2 Å². The number of piperazine rings is 1. The summed E-state index contributed by atoms with van der Waals surface area (Å²) in [5.41, 5.74) is 1.16. The second-order valence-corrected chi connectivity index (χ2v) is 21.0. The number of benzene rings is 3. The number of thioether (sulfide) groups is 1. The standard InChI is InChI=1S/C49H56N4O14S/c1-22-14-26-15-28-29(18-50)52-30-19-61-44(56)49(27-17-31(59-10)32(16-25(27)12-13-51-49)65-46(58)67-48(7,8)9)20-68-43(35-34(30)42-41(62-21-63-42)23(2)40(35)64-24(3)54)37(52)36(33(26)38(55)39(22)60-11)53(28)45(57)66-47(4,5)6/h14,16-17,28-30,36-37,43,51,55H,12-13,15,19-21H2,1-11H3/t28-,29+,30+,36+,37?,43-,49-/m1/s1. The number of esters is 2. The molecule has 1 spiro atoms. The predicted octanol–water partition coefficient (Wildman–Crippen LogP) is 6.90. The van der Waals surface area contributed by atoms with Crippen molar-refractivity contribution in [3.8, 4) is 46.3 Å². The van der Waals surface area contributed by atoms with E-state index in [0.29, 0.717) is 63.4 Å². The first-order valence-electron chi connectivity index (χ1n) is 22.5. The van der Waals surface area contributed by atoms with Crippen LogP contribution in [0.1, 0.15) is 110 Å². The number of aryl methyl sites for hydroxylation is 1. The molecule has 2 saturated heterocycles. The van der Waals surface area contributed by atoms with Crippen LogP contribution < -0.4 is 33.7 Å². The van der Waals surface area contributed by atoms with Crippen LogP contribution >= 0.6 is 11.8 Å². The number of fused-ring (bicyclic) bond motifs is 9. The van der Waals surface area contributed by atoms with Crippen LogP contribution in [0.25, 0.3) is 0 Å². The summed E-state index contributed by atoms with van der Waals surface area (Å²) in [6.45, 7) is 15.2. The van der Waals surface area contributed by atoms with E-state index in [1.165, 1.54) is 32.9 Å². The van der Waals surface area contributed by atoms with E-state index >= 15 is 4.79 Å². The molecule has 7 aliphatic heterocycles. The lowest BCUT2D eigenvalue weighted by molar-refractivity contribution is -0.157. The van der Waals surface area contributed by atoms with Gasteiger partial charge in [-0.15, -0.1) is 11.8 Å².